The molecule has 0 radical (unpaired) electrons. The van der Waals surface area contributed by atoms with Gasteiger partial charge in [-0.25, -0.2) is 18.6 Å². The Kier molecular flexibility index (Phi) is 12.8. The van der Waals surface area contributed by atoms with Gasteiger partial charge in [0.15, 0.2) is 5.16 Å². The number of urea groups is 1. The number of thioether (sulfide) groups is 1. The molecule has 0 saturated carbocycles. The lowest BCUT2D eigenvalue weighted by Crippen LogP contribution is -2.36. The third-order valence-corrected chi connectivity index (χ3v) is 8.61. The highest BCUT2D eigenvalue weighted by atomic mass is 32.2. The second-order valence-electron chi connectivity index (χ2n) is 11.4. The Morgan fingerprint density at radius 2 is 1.43 bits per heavy atom. The van der Waals surface area contributed by atoms with E-state index >= 15 is 0 Å². The fraction of sp³-hybridized carbons (Fsp3) is 0.389. The number of amides is 2. The zero-order valence-corrected chi connectivity index (χ0v) is 26.9. The topological polar surface area (TPSA) is 61.0 Å². The van der Waals surface area contributed by atoms with Crippen molar-refractivity contribution in [3.63, 3.8) is 0 Å². The Labute approximate surface area is 264 Å². The number of anilines is 1. The molecule has 0 bridgehead atoms. The molecule has 0 atom stereocenters. The van der Waals surface area contributed by atoms with Crippen molar-refractivity contribution in [3.05, 3.63) is 89.5 Å². The fourth-order valence-corrected chi connectivity index (χ4v) is 5.90. The van der Waals surface area contributed by atoms with Crippen LogP contribution in [0.3, 0.4) is 0 Å². The van der Waals surface area contributed by atoms with Gasteiger partial charge in [0.25, 0.3) is 0 Å². The molecular weight excluding hydrogens is 574 g/mol. The van der Waals surface area contributed by atoms with E-state index in [4.69, 9.17) is 4.98 Å². The van der Waals surface area contributed by atoms with Gasteiger partial charge in [0.05, 0.1) is 17.1 Å². The molecule has 44 heavy (non-hydrogen) atoms. The normalized spacial score (nSPS) is 11.1. The van der Waals surface area contributed by atoms with Crippen LogP contribution in [0.5, 0.6) is 0 Å². The minimum Gasteiger partial charge on any atom is -0.332 e. The summed E-state index contributed by atoms with van der Waals surface area (Å²) in [5.41, 5.74) is 6.60. The molecule has 0 aliphatic heterocycles. The summed E-state index contributed by atoms with van der Waals surface area (Å²) in [6, 6.07) is 19.8. The Bertz CT molecular complexity index is 1410. The highest BCUT2D eigenvalue weighted by molar-refractivity contribution is 7.99. The van der Waals surface area contributed by atoms with Crippen molar-refractivity contribution < 1.29 is 13.6 Å². The van der Waals surface area contributed by atoms with E-state index in [-0.39, 0.29) is 11.7 Å². The lowest BCUT2D eigenvalue weighted by Gasteiger charge is -2.23. The summed E-state index contributed by atoms with van der Waals surface area (Å²) in [7, 11) is 0. The molecule has 0 fully saturated rings. The molecule has 0 unspecified atom stereocenters. The lowest BCUT2D eigenvalue weighted by atomic mass is 10.0. The highest BCUT2D eigenvalue weighted by Gasteiger charge is 2.17. The summed E-state index contributed by atoms with van der Waals surface area (Å²) in [6.45, 7) is 7.55. The number of nitrogens with zero attached hydrogens (tertiary/aromatic N) is 2. The maximum atomic E-state index is 14.2. The molecule has 0 aliphatic rings. The number of H-pyrrole nitrogens is 1. The number of carbonyl (C=O) groups excluding carboxylic acids is 1. The van der Waals surface area contributed by atoms with Gasteiger partial charge in [0.1, 0.15) is 11.6 Å². The zero-order chi connectivity index (χ0) is 31.3. The standard InChI is InChI=1S/C36H44F2N4OS/c1-4-5-6-7-9-22-42(36(43)39-32-21-20-30(37)25-31(32)38)23-10-8-11-24-44-35-40-33(28-16-12-26(2)13-17-28)34(41-35)29-18-14-27(3)15-19-29/h12-21,25H,4-11,22-24H2,1-3H3,(H,39,43)(H,40,41). The number of imidazole rings is 1. The van der Waals surface area contributed by atoms with Crippen molar-refractivity contribution >= 4 is 23.5 Å². The zero-order valence-electron chi connectivity index (χ0n) is 26.1. The number of hydrogen-bond donors (Lipinski definition) is 2. The number of halogens is 2. The van der Waals surface area contributed by atoms with E-state index in [0.29, 0.717) is 13.1 Å². The van der Waals surface area contributed by atoms with Gasteiger partial charge in [-0.1, -0.05) is 110 Å². The van der Waals surface area contributed by atoms with E-state index < -0.39 is 11.6 Å². The molecule has 1 aromatic heterocycles. The summed E-state index contributed by atoms with van der Waals surface area (Å²) >= 11 is 1.71. The van der Waals surface area contributed by atoms with Crippen molar-refractivity contribution in [3.8, 4) is 22.5 Å². The lowest BCUT2D eigenvalue weighted by molar-refractivity contribution is 0.209. The van der Waals surface area contributed by atoms with Crippen molar-refractivity contribution in [1.29, 1.82) is 0 Å². The summed E-state index contributed by atoms with van der Waals surface area (Å²) in [4.78, 5) is 23.3. The Balaban J connectivity index is 1.31. The molecule has 4 rings (SSSR count). The largest absolute Gasteiger partial charge is 0.332 e. The van der Waals surface area contributed by atoms with Crippen molar-refractivity contribution in [2.75, 3.05) is 24.2 Å². The number of unbranched alkanes of at least 4 members (excludes halogenated alkanes) is 6. The average Bonchev–Trinajstić information content (AvgIpc) is 3.43. The number of aromatic amines is 1. The van der Waals surface area contributed by atoms with Crippen molar-refractivity contribution in [1.82, 2.24) is 14.9 Å². The molecule has 5 nitrogen and oxygen atoms in total. The monoisotopic (exact) mass is 618 g/mol. The molecule has 1 heterocycles. The van der Waals surface area contributed by atoms with Gasteiger partial charge in [-0.15, -0.1) is 0 Å². The molecule has 4 aromatic rings. The van der Waals surface area contributed by atoms with Crippen LogP contribution in [0.1, 0.15) is 69.4 Å². The minimum atomic E-state index is -0.771. The molecule has 0 saturated heterocycles. The molecular formula is C36H44F2N4OS. The van der Waals surface area contributed by atoms with Crippen LogP contribution in [0.4, 0.5) is 19.3 Å². The molecule has 2 amide bonds. The predicted octanol–water partition coefficient (Wildman–Crippen LogP) is 10.4. The maximum Gasteiger partial charge on any atom is 0.321 e. The fourth-order valence-electron chi connectivity index (χ4n) is 5.03. The van der Waals surface area contributed by atoms with Crippen molar-refractivity contribution in [2.24, 2.45) is 0 Å². The maximum absolute atomic E-state index is 14.2. The van der Waals surface area contributed by atoms with Crippen LogP contribution in [0.15, 0.2) is 71.9 Å². The number of rotatable bonds is 16. The summed E-state index contributed by atoms with van der Waals surface area (Å²) in [5, 5.41) is 3.53. The second kappa shape index (κ2) is 17.0. The van der Waals surface area contributed by atoms with Gasteiger partial charge in [0.2, 0.25) is 0 Å². The number of aryl methyl sites for hydroxylation is 2. The average molecular weight is 619 g/mol. The molecule has 8 heteroatoms. The SMILES string of the molecule is CCCCCCCN(CCCCCSc1nc(-c2ccc(C)cc2)c(-c2ccc(C)cc2)[nH]1)C(=O)Nc1ccc(F)cc1F. The van der Waals surface area contributed by atoms with Crippen LogP contribution >= 0.6 is 11.8 Å². The Hall–Kier alpha value is -3.65. The van der Waals surface area contributed by atoms with E-state index in [2.05, 4.69) is 79.6 Å². The van der Waals surface area contributed by atoms with E-state index in [1.54, 1.807) is 16.7 Å². The van der Waals surface area contributed by atoms with Crippen LogP contribution in [-0.2, 0) is 0 Å². The van der Waals surface area contributed by atoms with Crippen LogP contribution in [0.2, 0.25) is 0 Å². The van der Waals surface area contributed by atoms with Gasteiger partial charge < -0.3 is 15.2 Å². The van der Waals surface area contributed by atoms with Crippen LogP contribution < -0.4 is 5.32 Å². The predicted molar refractivity (Wildman–Crippen MR) is 179 cm³/mol. The quantitative estimate of drug-likeness (QED) is 0.0970. The molecule has 0 aliphatic carbocycles. The second-order valence-corrected chi connectivity index (χ2v) is 12.4. The minimum absolute atomic E-state index is 0.00255. The third kappa shape index (κ3) is 9.94. The highest BCUT2D eigenvalue weighted by Crippen LogP contribution is 2.33. The molecule has 0 spiro atoms. The summed E-state index contributed by atoms with van der Waals surface area (Å²) < 4.78 is 27.5. The van der Waals surface area contributed by atoms with Crippen molar-refractivity contribution in [2.45, 2.75) is 77.3 Å². The van der Waals surface area contributed by atoms with Gasteiger partial charge >= 0.3 is 6.03 Å². The molecule has 2 N–H and O–H groups in total. The van der Waals surface area contributed by atoms with E-state index in [9.17, 15) is 13.6 Å². The van der Waals surface area contributed by atoms with Gasteiger partial charge in [0, 0.05) is 36.0 Å². The summed E-state index contributed by atoms with van der Waals surface area (Å²) in [6.07, 6.45) is 8.20. The first-order valence-corrected chi connectivity index (χ1v) is 16.7. The smallest absolute Gasteiger partial charge is 0.321 e. The van der Waals surface area contributed by atoms with E-state index in [1.807, 2.05) is 0 Å². The van der Waals surface area contributed by atoms with Gasteiger partial charge in [-0.3, -0.25) is 0 Å². The van der Waals surface area contributed by atoms with E-state index in [1.165, 1.54) is 23.6 Å². The first kappa shape index (κ1) is 33.2. The Morgan fingerprint density at radius 3 is 2.07 bits per heavy atom. The van der Waals surface area contributed by atoms with E-state index in [0.717, 1.165) is 90.5 Å². The van der Waals surface area contributed by atoms with Gasteiger partial charge in [-0.2, -0.15) is 0 Å². The molecule has 3 aromatic carbocycles. The number of nitrogens with one attached hydrogen (secondary N) is 2. The number of benzene rings is 3. The number of hydrogen-bond acceptors (Lipinski definition) is 3. The number of aromatic nitrogens is 2. The molecule has 234 valence electrons. The van der Waals surface area contributed by atoms with Crippen LogP contribution in [0.25, 0.3) is 22.5 Å². The summed E-state index contributed by atoms with van der Waals surface area (Å²) in [5.74, 6) is -0.538. The first-order chi connectivity index (χ1) is 21.3. The van der Waals surface area contributed by atoms with Crippen LogP contribution in [0, 0.1) is 25.5 Å². The first-order valence-electron chi connectivity index (χ1n) is 15.7. The Morgan fingerprint density at radius 1 is 0.818 bits per heavy atom. The number of carbonyl (C=O) groups is 1. The third-order valence-electron chi connectivity index (χ3n) is 7.65. The van der Waals surface area contributed by atoms with Gasteiger partial charge in [-0.05, 0) is 45.2 Å². The van der Waals surface area contributed by atoms with Crippen LogP contribution in [-0.4, -0.2) is 39.7 Å².